The van der Waals surface area contributed by atoms with Crippen molar-refractivity contribution in [1.82, 2.24) is 9.88 Å². The topological polar surface area (TPSA) is 59.2 Å². The third-order valence-corrected chi connectivity index (χ3v) is 5.39. The number of benzene rings is 2. The van der Waals surface area contributed by atoms with Crippen LogP contribution in [0, 0.1) is 0 Å². The van der Waals surface area contributed by atoms with E-state index in [2.05, 4.69) is 34.1 Å². The molecule has 128 valence electrons. The van der Waals surface area contributed by atoms with Gasteiger partial charge in [-0.2, -0.15) is 0 Å². The van der Waals surface area contributed by atoms with Crippen molar-refractivity contribution in [2.24, 2.45) is 0 Å². The summed E-state index contributed by atoms with van der Waals surface area (Å²) in [5.41, 5.74) is 3.90. The maximum atomic E-state index is 11.5. The Hall–Kier alpha value is -2.59. The number of aromatic nitrogens is 1. The molecule has 4 nitrogen and oxygen atoms in total. The number of aliphatic carboxylic acids is 1. The highest BCUT2D eigenvalue weighted by molar-refractivity contribution is 5.85. The smallest absolute Gasteiger partial charge is 0.0641 e. The first-order valence-corrected chi connectivity index (χ1v) is 8.67. The van der Waals surface area contributed by atoms with Crippen LogP contribution in [0.3, 0.4) is 0 Å². The maximum Gasteiger partial charge on any atom is 0.0641 e. The summed E-state index contributed by atoms with van der Waals surface area (Å²) >= 11 is 0. The van der Waals surface area contributed by atoms with Crippen LogP contribution in [0.25, 0.3) is 10.9 Å². The summed E-state index contributed by atoms with van der Waals surface area (Å²) in [5.74, 6) is -1.02. The molecular formula is C21H21N2O2-. The minimum absolute atomic E-state index is 0.0281. The molecule has 25 heavy (non-hydrogen) atoms. The van der Waals surface area contributed by atoms with Gasteiger partial charge in [-0.05, 0) is 30.5 Å². The highest BCUT2D eigenvalue weighted by Crippen LogP contribution is 2.41. The summed E-state index contributed by atoms with van der Waals surface area (Å²) in [5, 5.41) is 12.7. The molecule has 0 saturated heterocycles. The largest absolute Gasteiger partial charge is 0.550 e. The van der Waals surface area contributed by atoms with E-state index in [0.29, 0.717) is 0 Å². The van der Waals surface area contributed by atoms with Crippen molar-refractivity contribution in [2.75, 3.05) is 6.54 Å². The molecule has 0 fully saturated rings. The zero-order valence-electron chi connectivity index (χ0n) is 14.3. The van der Waals surface area contributed by atoms with Gasteiger partial charge in [0.25, 0.3) is 0 Å². The lowest BCUT2D eigenvalue weighted by Gasteiger charge is -2.45. The minimum Gasteiger partial charge on any atom is -0.550 e. The number of fused-ring (bicyclic) bond motifs is 3. The Morgan fingerprint density at radius 2 is 1.88 bits per heavy atom. The molecule has 1 unspecified atom stereocenters. The lowest BCUT2D eigenvalue weighted by atomic mass is 9.83. The van der Waals surface area contributed by atoms with Crippen molar-refractivity contribution in [3.63, 3.8) is 0 Å². The van der Waals surface area contributed by atoms with Crippen LogP contribution in [0.2, 0.25) is 0 Å². The molecule has 2 heterocycles. The second kappa shape index (κ2) is 6.05. The van der Waals surface area contributed by atoms with Gasteiger partial charge >= 0.3 is 0 Å². The van der Waals surface area contributed by atoms with Crippen LogP contribution in [0.5, 0.6) is 0 Å². The quantitative estimate of drug-likeness (QED) is 0.798. The van der Waals surface area contributed by atoms with Gasteiger partial charge in [-0.25, -0.2) is 0 Å². The molecule has 0 radical (unpaired) electrons. The lowest BCUT2D eigenvalue weighted by Crippen LogP contribution is -2.51. The molecule has 1 aliphatic heterocycles. The Morgan fingerprint density at radius 1 is 1.16 bits per heavy atom. The number of para-hydroxylation sites is 1. The second-order valence-corrected chi connectivity index (χ2v) is 7.00. The van der Waals surface area contributed by atoms with E-state index in [4.69, 9.17) is 0 Å². The molecule has 1 atom stereocenters. The molecule has 2 aromatic carbocycles. The van der Waals surface area contributed by atoms with E-state index in [1.165, 1.54) is 16.5 Å². The van der Waals surface area contributed by atoms with Crippen molar-refractivity contribution in [3.8, 4) is 0 Å². The Balaban J connectivity index is 1.80. The molecule has 0 bridgehead atoms. The van der Waals surface area contributed by atoms with E-state index < -0.39 is 11.5 Å². The van der Waals surface area contributed by atoms with Crippen molar-refractivity contribution >= 4 is 16.9 Å². The van der Waals surface area contributed by atoms with Crippen molar-refractivity contribution < 1.29 is 9.90 Å². The number of carbonyl (C=O) groups is 1. The molecule has 4 rings (SSSR count). The monoisotopic (exact) mass is 333 g/mol. The van der Waals surface area contributed by atoms with Crippen LogP contribution in [-0.2, 0) is 23.3 Å². The summed E-state index contributed by atoms with van der Waals surface area (Å²) in [4.78, 5) is 17.3. The summed E-state index contributed by atoms with van der Waals surface area (Å²) in [7, 11) is 0. The fourth-order valence-electron chi connectivity index (χ4n) is 4.11. The van der Waals surface area contributed by atoms with Crippen LogP contribution >= 0.6 is 0 Å². The number of hydrogen-bond acceptors (Lipinski definition) is 3. The zero-order chi connectivity index (χ0) is 17.4. The molecule has 1 aliphatic rings. The average molecular weight is 333 g/mol. The van der Waals surface area contributed by atoms with Crippen molar-refractivity contribution in [2.45, 2.75) is 31.8 Å². The number of carbonyl (C=O) groups excluding carboxylic acids is 1. The SMILES string of the molecule is CC1(CC(=O)[O-])c2[nH]c3ccccc3c2CCN1Cc1ccccc1. The molecule has 0 spiro atoms. The molecule has 1 N–H and O–H groups in total. The number of aromatic amines is 1. The maximum absolute atomic E-state index is 11.5. The van der Waals surface area contributed by atoms with E-state index in [1.54, 1.807) is 0 Å². The first kappa shape index (κ1) is 15.9. The van der Waals surface area contributed by atoms with Crippen LogP contribution in [0.4, 0.5) is 0 Å². The summed E-state index contributed by atoms with van der Waals surface area (Å²) in [6, 6.07) is 18.4. The van der Waals surface area contributed by atoms with E-state index in [-0.39, 0.29) is 6.42 Å². The number of nitrogens with one attached hydrogen (secondary N) is 1. The van der Waals surface area contributed by atoms with Crippen LogP contribution in [0.1, 0.15) is 30.2 Å². The van der Waals surface area contributed by atoms with Crippen LogP contribution in [0.15, 0.2) is 54.6 Å². The van der Waals surface area contributed by atoms with Crippen molar-refractivity contribution in [1.29, 1.82) is 0 Å². The molecule has 0 saturated carbocycles. The fourth-order valence-corrected chi connectivity index (χ4v) is 4.11. The van der Waals surface area contributed by atoms with Gasteiger partial charge in [-0.15, -0.1) is 0 Å². The highest BCUT2D eigenvalue weighted by Gasteiger charge is 2.40. The lowest BCUT2D eigenvalue weighted by molar-refractivity contribution is -0.308. The Morgan fingerprint density at radius 3 is 2.64 bits per heavy atom. The van der Waals surface area contributed by atoms with E-state index in [9.17, 15) is 9.90 Å². The molecular weight excluding hydrogens is 312 g/mol. The van der Waals surface area contributed by atoms with Crippen LogP contribution < -0.4 is 5.11 Å². The Bertz CT molecular complexity index is 916. The zero-order valence-corrected chi connectivity index (χ0v) is 14.3. The van der Waals surface area contributed by atoms with Gasteiger partial charge in [0, 0.05) is 42.1 Å². The minimum atomic E-state index is -1.02. The summed E-state index contributed by atoms with van der Waals surface area (Å²) in [6.45, 7) is 3.56. The Kier molecular flexibility index (Phi) is 3.85. The van der Waals surface area contributed by atoms with Crippen LogP contribution in [-0.4, -0.2) is 22.4 Å². The van der Waals surface area contributed by atoms with E-state index >= 15 is 0 Å². The third kappa shape index (κ3) is 2.72. The predicted octanol–water partition coefficient (Wildman–Crippen LogP) is 2.58. The first-order valence-electron chi connectivity index (χ1n) is 8.67. The van der Waals surface area contributed by atoms with Gasteiger partial charge < -0.3 is 14.9 Å². The third-order valence-electron chi connectivity index (χ3n) is 5.39. The van der Waals surface area contributed by atoms with Crippen molar-refractivity contribution in [3.05, 3.63) is 71.4 Å². The molecule has 1 aromatic heterocycles. The van der Waals surface area contributed by atoms with E-state index in [1.807, 2.05) is 37.3 Å². The van der Waals surface area contributed by atoms with Gasteiger partial charge in [0.15, 0.2) is 0 Å². The number of H-pyrrole nitrogens is 1. The number of carboxylic acids is 1. The second-order valence-electron chi connectivity index (χ2n) is 7.00. The Labute approximate surface area is 147 Å². The first-order chi connectivity index (χ1) is 12.1. The molecule has 3 aromatic rings. The average Bonchev–Trinajstić information content (AvgIpc) is 2.98. The predicted molar refractivity (Wildman–Crippen MR) is 95.8 cm³/mol. The molecule has 0 amide bonds. The van der Waals surface area contributed by atoms with Gasteiger partial charge in [0.05, 0.1) is 5.54 Å². The normalized spacial score (nSPS) is 20.5. The summed E-state index contributed by atoms with van der Waals surface area (Å²) in [6.07, 6.45) is 0.883. The highest BCUT2D eigenvalue weighted by atomic mass is 16.4. The number of hydrogen-bond donors (Lipinski definition) is 1. The number of carboxylic acid groups (broad SMARTS) is 1. The number of nitrogens with zero attached hydrogens (tertiary/aromatic N) is 1. The van der Waals surface area contributed by atoms with E-state index in [0.717, 1.165) is 30.7 Å². The fraction of sp³-hybridized carbons (Fsp3) is 0.286. The summed E-state index contributed by atoms with van der Waals surface area (Å²) < 4.78 is 0. The van der Waals surface area contributed by atoms with Gasteiger partial charge in [-0.3, -0.25) is 4.90 Å². The van der Waals surface area contributed by atoms with Gasteiger partial charge in [0.2, 0.25) is 0 Å². The number of rotatable bonds is 4. The van der Waals surface area contributed by atoms with Gasteiger partial charge in [-0.1, -0.05) is 48.5 Å². The standard InChI is InChI=1S/C21H22N2O2/c1-21(13-19(24)25)20-17(16-9-5-6-10-18(16)22-20)11-12-23(21)14-15-7-3-2-4-8-15/h2-10,22H,11-14H2,1H3,(H,24,25)/p-1. The molecule has 4 heteroatoms. The van der Waals surface area contributed by atoms with Gasteiger partial charge in [0.1, 0.15) is 0 Å². The molecule has 0 aliphatic carbocycles.